The van der Waals surface area contributed by atoms with Crippen molar-refractivity contribution >= 4 is 5.91 Å². The van der Waals surface area contributed by atoms with Gasteiger partial charge < -0.3 is 15.8 Å². The van der Waals surface area contributed by atoms with Crippen LogP contribution in [-0.4, -0.2) is 19.1 Å². The van der Waals surface area contributed by atoms with E-state index in [-0.39, 0.29) is 30.2 Å². The van der Waals surface area contributed by atoms with Gasteiger partial charge in [-0.2, -0.15) is 0 Å². The van der Waals surface area contributed by atoms with Crippen molar-refractivity contribution in [3.05, 3.63) is 29.6 Å². The molecule has 0 fully saturated rings. The highest BCUT2D eigenvalue weighted by Gasteiger charge is 2.16. The summed E-state index contributed by atoms with van der Waals surface area (Å²) in [7, 11) is 1.41. The molecule has 0 aliphatic rings. The van der Waals surface area contributed by atoms with Crippen LogP contribution in [-0.2, 0) is 11.3 Å². The first-order valence-electron chi connectivity index (χ1n) is 5.81. The number of ether oxygens (including phenoxy) is 1. The number of methoxy groups -OCH3 is 1. The molecule has 1 amide bonds. The summed E-state index contributed by atoms with van der Waals surface area (Å²) in [6.45, 7) is 3.81. The van der Waals surface area contributed by atoms with E-state index in [1.165, 1.54) is 19.2 Å². The number of hydrogen-bond acceptors (Lipinski definition) is 3. The lowest BCUT2D eigenvalue weighted by molar-refractivity contribution is -0.125. The SMILES string of the molecule is COc1ccc(CNC(=O)C(C)C(C)N)cc1F. The van der Waals surface area contributed by atoms with E-state index in [1.807, 2.05) is 0 Å². The van der Waals surface area contributed by atoms with Gasteiger partial charge in [-0.3, -0.25) is 4.79 Å². The van der Waals surface area contributed by atoms with Crippen molar-refractivity contribution in [2.75, 3.05) is 7.11 Å². The second kappa shape index (κ2) is 6.35. The molecule has 0 aliphatic carbocycles. The molecule has 0 heterocycles. The van der Waals surface area contributed by atoms with Gasteiger partial charge in [-0.15, -0.1) is 0 Å². The van der Waals surface area contributed by atoms with Crippen LogP contribution in [0.1, 0.15) is 19.4 Å². The smallest absolute Gasteiger partial charge is 0.224 e. The van der Waals surface area contributed by atoms with Gasteiger partial charge in [-0.25, -0.2) is 4.39 Å². The zero-order chi connectivity index (χ0) is 13.7. The Morgan fingerprint density at radius 1 is 1.50 bits per heavy atom. The Hall–Kier alpha value is -1.62. The molecule has 0 bridgehead atoms. The van der Waals surface area contributed by atoms with Gasteiger partial charge in [0.15, 0.2) is 11.6 Å². The highest BCUT2D eigenvalue weighted by atomic mass is 19.1. The monoisotopic (exact) mass is 254 g/mol. The maximum absolute atomic E-state index is 13.4. The molecule has 0 saturated heterocycles. The molecular weight excluding hydrogens is 235 g/mol. The molecular formula is C13H19FN2O2. The van der Waals surface area contributed by atoms with Crippen molar-refractivity contribution in [3.8, 4) is 5.75 Å². The first kappa shape index (κ1) is 14.4. The molecule has 3 N–H and O–H groups in total. The molecule has 5 heteroatoms. The molecule has 2 unspecified atom stereocenters. The van der Waals surface area contributed by atoms with E-state index in [0.29, 0.717) is 5.56 Å². The Morgan fingerprint density at radius 2 is 2.17 bits per heavy atom. The van der Waals surface area contributed by atoms with Crippen molar-refractivity contribution in [3.63, 3.8) is 0 Å². The van der Waals surface area contributed by atoms with Crippen molar-refractivity contribution in [2.24, 2.45) is 11.7 Å². The van der Waals surface area contributed by atoms with Gasteiger partial charge in [0.1, 0.15) is 0 Å². The molecule has 2 atom stereocenters. The highest BCUT2D eigenvalue weighted by Crippen LogP contribution is 2.17. The van der Waals surface area contributed by atoms with Gasteiger partial charge in [0, 0.05) is 18.5 Å². The van der Waals surface area contributed by atoms with Crippen LogP contribution in [0, 0.1) is 11.7 Å². The third-order valence-corrected chi connectivity index (χ3v) is 2.89. The number of nitrogens with one attached hydrogen (secondary N) is 1. The lowest BCUT2D eigenvalue weighted by Gasteiger charge is -2.15. The van der Waals surface area contributed by atoms with Gasteiger partial charge >= 0.3 is 0 Å². The third kappa shape index (κ3) is 3.70. The number of benzene rings is 1. The van der Waals surface area contributed by atoms with Crippen LogP contribution < -0.4 is 15.8 Å². The third-order valence-electron chi connectivity index (χ3n) is 2.89. The number of hydrogen-bond donors (Lipinski definition) is 2. The average molecular weight is 254 g/mol. The van der Waals surface area contributed by atoms with Crippen LogP contribution in [0.5, 0.6) is 5.75 Å². The molecule has 0 aliphatic heterocycles. The van der Waals surface area contributed by atoms with Gasteiger partial charge in [0.05, 0.1) is 7.11 Å². The summed E-state index contributed by atoms with van der Waals surface area (Å²) in [5.41, 5.74) is 6.31. The summed E-state index contributed by atoms with van der Waals surface area (Å²) < 4.78 is 18.2. The quantitative estimate of drug-likeness (QED) is 0.835. The molecule has 100 valence electrons. The Bertz CT molecular complexity index is 421. The number of halogens is 1. The molecule has 4 nitrogen and oxygen atoms in total. The second-order valence-electron chi connectivity index (χ2n) is 4.33. The molecule has 1 rings (SSSR count). The zero-order valence-electron chi connectivity index (χ0n) is 10.9. The van der Waals surface area contributed by atoms with E-state index in [0.717, 1.165) is 0 Å². The maximum atomic E-state index is 13.4. The predicted molar refractivity (Wildman–Crippen MR) is 67.6 cm³/mol. The fourth-order valence-corrected chi connectivity index (χ4v) is 1.41. The van der Waals surface area contributed by atoms with E-state index < -0.39 is 5.82 Å². The summed E-state index contributed by atoms with van der Waals surface area (Å²) in [5, 5.41) is 2.72. The molecule has 1 aromatic carbocycles. The fraction of sp³-hybridized carbons (Fsp3) is 0.462. The Labute approximate surface area is 106 Å². The zero-order valence-corrected chi connectivity index (χ0v) is 10.9. The molecule has 0 aromatic heterocycles. The van der Waals surface area contributed by atoms with Gasteiger partial charge in [-0.1, -0.05) is 13.0 Å². The van der Waals surface area contributed by atoms with Crippen molar-refractivity contribution in [2.45, 2.75) is 26.4 Å². The summed E-state index contributed by atoms with van der Waals surface area (Å²) in [5.74, 6) is -0.659. The Morgan fingerprint density at radius 3 is 2.67 bits per heavy atom. The van der Waals surface area contributed by atoms with E-state index >= 15 is 0 Å². The lowest BCUT2D eigenvalue weighted by atomic mass is 10.0. The number of carbonyl (C=O) groups excluding carboxylic acids is 1. The van der Waals surface area contributed by atoms with Crippen molar-refractivity contribution in [1.82, 2.24) is 5.32 Å². The minimum Gasteiger partial charge on any atom is -0.494 e. The highest BCUT2D eigenvalue weighted by molar-refractivity contribution is 5.78. The van der Waals surface area contributed by atoms with Crippen LogP contribution in [0.15, 0.2) is 18.2 Å². The first-order chi connectivity index (χ1) is 8.45. The summed E-state index contributed by atoms with van der Waals surface area (Å²) in [6.07, 6.45) is 0. The molecule has 0 spiro atoms. The predicted octanol–water partition coefficient (Wildman–Crippen LogP) is 1.43. The van der Waals surface area contributed by atoms with Crippen LogP contribution in [0.3, 0.4) is 0 Å². The fourth-order valence-electron chi connectivity index (χ4n) is 1.41. The van der Waals surface area contributed by atoms with Crippen molar-refractivity contribution in [1.29, 1.82) is 0 Å². The Balaban J connectivity index is 2.59. The van der Waals surface area contributed by atoms with Gasteiger partial charge in [0.2, 0.25) is 5.91 Å². The first-order valence-corrected chi connectivity index (χ1v) is 5.81. The standard InChI is InChI=1S/C13H19FN2O2/c1-8(9(2)15)13(17)16-7-10-4-5-12(18-3)11(14)6-10/h4-6,8-9H,7,15H2,1-3H3,(H,16,17). The largest absolute Gasteiger partial charge is 0.494 e. The molecule has 18 heavy (non-hydrogen) atoms. The maximum Gasteiger partial charge on any atom is 0.224 e. The minimum absolute atomic E-state index is 0.138. The number of amides is 1. The van der Waals surface area contributed by atoms with Crippen LogP contribution in [0.2, 0.25) is 0 Å². The molecule has 0 radical (unpaired) electrons. The van der Waals surface area contributed by atoms with E-state index in [9.17, 15) is 9.18 Å². The topological polar surface area (TPSA) is 64.3 Å². The summed E-state index contributed by atoms with van der Waals surface area (Å²) >= 11 is 0. The van der Waals surface area contributed by atoms with E-state index in [4.69, 9.17) is 10.5 Å². The number of nitrogens with two attached hydrogens (primary N) is 1. The summed E-state index contributed by atoms with van der Waals surface area (Å²) in [6, 6.07) is 4.37. The van der Waals surface area contributed by atoms with Crippen LogP contribution in [0.4, 0.5) is 4.39 Å². The van der Waals surface area contributed by atoms with Crippen LogP contribution in [0.25, 0.3) is 0 Å². The Kier molecular flexibility index (Phi) is 5.09. The van der Waals surface area contributed by atoms with Crippen LogP contribution >= 0.6 is 0 Å². The van der Waals surface area contributed by atoms with Gasteiger partial charge in [0.25, 0.3) is 0 Å². The molecule has 0 saturated carbocycles. The average Bonchev–Trinajstić information content (AvgIpc) is 2.35. The second-order valence-corrected chi connectivity index (χ2v) is 4.33. The number of rotatable bonds is 5. The van der Waals surface area contributed by atoms with E-state index in [1.54, 1.807) is 19.9 Å². The van der Waals surface area contributed by atoms with Crippen molar-refractivity contribution < 1.29 is 13.9 Å². The van der Waals surface area contributed by atoms with E-state index in [2.05, 4.69) is 5.32 Å². The summed E-state index contributed by atoms with van der Waals surface area (Å²) in [4.78, 5) is 11.7. The lowest BCUT2D eigenvalue weighted by Crippen LogP contribution is -2.38. The number of carbonyl (C=O) groups is 1. The minimum atomic E-state index is -0.440. The molecule has 1 aromatic rings. The van der Waals surface area contributed by atoms with Gasteiger partial charge in [-0.05, 0) is 24.6 Å². The normalized spacial score (nSPS) is 13.8.